The van der Waals surface area contributed by atoms with Crippen molar-refractivity contribution in [3.8, 4) is 0 Å². The topological polar surface area (TPSA) is 110 Å². The zero-order valence-electron chi connectivity index (χ0n) is 18.2. The third-order valence-electron chi connectivity index (χ3n) is 6.14. The van der Waals surface area contributed by atoms with Crippen LogP contribution in [0.5, 0.6) is 0 Å². The summed E-state index contributed by atoms with van der Waals surface area (Å²) in [6, 6.07) is 4.05. The molecule has 2 aliphatic heterocycles. The number of carbonyl (C=O) groups is 2. The summed E-state index contributed by atoms with van der Waals surface area (Å²) in [5, 5.41) is 5.72. The van der Waals surface area contributed by atoms with Gasteiger partial charge in [0, 0.05) is 24.5 Å². The number of amides is 1. The van der Waals surface area contributed by atoms with E-state index in [-0.39, 0.29) is 42.3 Å². The molecule has 2 fully saturated rings. The molecule has 0 aromatic carbocycles. The van der Waals surface area contributed by atoms with E-state index >= 15 is 0 Å². The Hall–Kier alpha value is -2.24. The first-order valence-corrected chi connectivity index (χ1v) is 13.0. The minimum Gasteiger partial charge on any atom is -0.455 e. The van der Waals surface area contributed by atoms with Crippen LogP contribution in [-0.4, -0.2) is 60.9 Å². The number of hydrogen-bond acceptors (Lipinski definition) is 8. The van der Waals surface area contributed by atoms with Crippen LogP contribution in [0.1, 0.15) is 48.1 Å². The average Bonchev–Trinajstić information content (AvgIpc) is 3.53. The van der Waals surface area contributed by atoms with Crippen molar-refractivity contribution in [2.24, 2.45) is 5.92 Å². The summed E-state index contributed by atoms with van der Waals surface area (Å²) < 4.78 is 37.5. The van der Waals surface area contributed by atoms with Crippen LogP contribution < -0.4 is 0 Å². The van der Waals surface area contributed by atoms with Crippen LogP contribution in [0.3, 0.4) is 0 Å². The normalized spacial score (nSPS) is 20.6. The Balaban J connectivity index is 1.29. The lowest BCUT2D eigenvalue weighted by Gasteiger charge is -2.30. The highest BCUT2D eigenvalue weighted by Gasteiger charge is 2.36. The Labute approximate surface area is 191 Å². The van der Waals surface area contributed by atoms with E-state index in [0.29, 0.717) is 25.1 Å². The second-order valence-corrected chi connectivity index (χ2v) is 11.1. The van der Waals surface area contributed by atoms with Gasteiger partial charge in [0.25, 0.3) is 5.91 Å². The molecular formula is C21H27N3O6S2. The molecule has 0 N–H and O–H groups in total. The number of esters is 1. The number of rotatable bonds is 6. The van der Waals surface area contributed by atoms with E-state index in [1.807, 2.05) is 17.5 Å². The molecule has 11 heteroatoms. The fourth-order valence-electron chi connectivity index (χ4n) is 4.48. The predicted octanol–water partition coefficient (Wildman–Crippen LogP) is 2.66. The average molecular weight is 482 g/mol. The molecule has 1 amide bonds. The van der Waals surface area contributed by atoms with Gasteiger partial charge in [0.15, 0.2) is 12.4 Å². The van der Waals surface area contributed by atoms with Gasteiger partial charge in [-0.15, -0.1) is 11.3 Å². The molecule has 1 unspecified atom stereocenters. The molecule has 2 aromatic rings. The highest BCUT2D eigenvalue weighted by Crippen LogP contribution is 2.34. The van der Waals surface area contributed by atoms with Gasteiger partial charge < -0.3 is 14.2 Å². The number of ether oxygens (including phenoxy) is 1. The molecule has 2 aliphatic rings. The summed E-state index contributed by atoms with van der Waals surface area (Å²) in [6.45, 7) is 3.94. The molecular weight excluding hydrogens is 454 g/mol. The highest BCUT2D eigenvalue weighted by atomic mass is 32.2. The number of aromatic nitrogens is 1. The lowest BCUT2D eigenvalue weighted by molar-refractivity contribution is -0.156. The fourth-order valence-corrected chi connectivity index (χ4v) is 7.11. The van der Waals surface area contributed by atoms with E-state index < -0.39 is 21.9 Å². The van der Waals surface area contributed by atoms with E-state index in [1.54, 1.807) is 30.1 Å². The van der Waals surface area contributed by atoms with E-state index in [1.165, 1.54) is 4.31 Å². The summed E-state index contributed by atoms with van der Waals surface area (Å²) in [5.41, 5.74) is 0.324. The van der Waals surface area contributed by atoms with Crippen molar-refractivity contribution < 1.29 is 27.3 Å². The molecule has 0 aliphatic carbocycles. The summed E-state index contributed by atoms with van der Waals surface area (Å²) >= 11 is 1.63. The van der Waals surface area contributed by atoms with Crippen LogP contribution >= 0.6 is 11.3 Å². The largest absolute Gasteiger partial charge is 0.455 e. The molecule has 0 bridgehead atoms. The summed E-state index contributed by atoms with van der Waals surface area (Å²) in [7, 11) is -3.73. The summed E-state index contributed by atoms with van der Waals surface area (Å²) in [6.07, 6.45) is 2.53. The standard InChI is InChI=1S/C21H27N3O6S2/c1-14-20(15(2)30-22-14)32(27,28)23-10-7-16(8-11-23)21(26)29-13-19(25)24-9-3-5-17(24)18-6-4-12-31-18/h4,6,12,16-17H,3,5,7-11,13H2,1-2H3. The van der Waals surface area contributed by atoms with Crippen LogP contribution in [0.15, 0.2) is 26.9 Å². The zero-order chi connectivity index (χ0) is 22.9. The molecule has 1 atom stereocenters. The van der Waals surface area contributed by atoms with E-state index in [4.69, 9.17) is 9.26 Å². The van der Waals surface area contributed by atoms with Crippen LogP contribution in [0.4, 0.5) is 0 Å². The molecule has 4 heterocycles. The van der Waals surface area contributed by atoms with Gasteiger partial charge in [-0.25, -0.2) is 8.42 Å². The van der Waals surface area contributed by atoms with Gasteiger partial charge in [0.1, 0.15) is 10.6 Å². The first-order chi connectivity index (χ1) is 15.3. The zero-order valence-corrected chi connectivity index (χ0v) is 19.8. The number of carbonyl (C=O) groups excluding carboxylic acids is 2. The number of thiophene rings is 1. The van der Waals surface area contributed by atoms with Crippen molar-refractivity contribution >= 4 is 33.2 Å². The third kappa shape index (κ3) is 4.46. The van der Waals surface area contributed by atoms with Gasteiger partial charge in [-0.2, -0.15) is 4.31 Å². The number of piperidine rings is 1. The molecule has 4 rings (SSSR count). The maximum absolute atomic E-state index is 12.9. The first kappa shape index (κ1) is 22.9. The fraction of sp³-hybridized carbons (Fsp3) is 0.571. The summed E-state index contributed by atoms with van der Waals surface area (Å²) in [4.78, 5) is 28.2. The maximum atomic E-state index is 12.9. The van der Waals surface area contributed by atoms with Crippen LogP contribution in [-0.2, 0) is 24.3 Å². The first-order valence-electron chi connectivity index (χ1n) is 10.7. The smallest absolute Gasteiger partial charge is 0.309 e. The van der Waals surface area contributed by atoms with Crippen molar-refractivity contribution in [2.45, 2.75) is 50.5 Å². The van der Waals surface area contributed by atoms with E-state index in [2.05, 4.69) is 5.16 Å². The van der Waals surface area contributed by atoms with Crippen molar-refractivity contribution in [1.29, 1.82) is 0 Å². The lowest BCUT2D eigenvalue weighted by Crippen LogP contribution is -2.41. The Bertz CT molecular complexity index is 1050. The number of nitrogens with zero attached hydrogens (tertiary/aromatic N) is 3. The number of sulfonamides is 1. The molecule has 9 nitrogen and oxygen atoms in total. The minimum atomic E-state index is -3.73. The van der Waals surface area contributed by atoms with Crippen molar-refractivity contribution in [3.05, 3.63) is 33.8 Å². The Morgan fingerprint density at radius 2 is 1.97 bits per heavy atom. The van der Waals surface area contributed by atoms with Crippen molar-refractivity contribution in [2.75, 3.05) is 26.2 Å². The molecule has 174 valence electrons. The lowest BCUT2D eigenvalue weighted by atomic mass is 9.98. The molecule has 0 saturated carbocycles. The van der Waals surface area contributed by atoms with Crippen molar-refractivity contribution in [3.63, 3.8) is 0 Å². The second kappa shape index (κ2) is 9.32. The molecule has 0 spiro atoms. The molecule has 2 saturated heterocycles. The SMILES string of the molecule is Cc1noc(C)c1S(=O)(=O)N1CCC(C(=O)OCC(=O)N2CCCC2c2cccs2)CC1. The van der Waals surface area contributed by atoms with Crippen LogP contribution in [0.2, 0.25) is 0 Å². The number of aryl methyl sites for hydroxylation is 2. The van der Waals surface area contributed by atoms with Gasteiger partial charge in [0.05, 0.1) is 12.0 Å². The summed E-state index contributed by atoms with van der Waals surface area (Å²) in [5.74, 6) is -0.803. The Kier molecular flexibility index (Phi) is 6.68. The van der Waals surface area contributed by atoms with Gasteiger partial charge in [-0.05, 0) is 51.0 Å². The Morgan fingerprint density at radius 1 is 1.22 bits per heavy atom. The number of hydrogen-bond donors (Lipinski definition) is 0. The second-order valence-electron chi connectivity index (χ2n) is 8.20. The van der Waals surface area contributed by atoms with E-state index in [9.17, 15) is 18.0 Å². The van der Waals surface area contributed by atoms with Crippen molar-refractivity contribution in [1.82, 2.24) is 14.4 Å². The molecule has 0 radical (unpaired) electrons. The molecule has 32 heavy (non-hydrogen) atoms. The number of likely N-dealkylation sites (tertiary alicyclic amines) is 1. The van der Waals surface area contributed by atoms with Gasteiger partial charge >= 0.3 is 5.97 Å². The third-order valence-corrected chi connectivity index (χ3v) is 9.25. The molecule has 2 aromatic heterocycles. The van der Waals surface area contributed by atoms with Gasteiger partial charge in [-0.3, -0.25) is 9.59 Å². The maximum Gasteiger partial charge on any atom is 0.309 e. The van der Waals surface area contributed by atoms with Crippen LogP contribution in [0.25, 0.3) is 0 Å². The highest BCUT2D eigenvalue weighted by molar-refractivity contribution is 7.89. The minimum absolute atomic E-state index is 0.0546. The van der Waals surface area contributed by atoms with E-state index in [0.717, 1.165) is 17.7 Å². The van der Waals surface area contributed by atoms with Crippen LogP contribution in [0, 0.1) is 19.8 Å². The van der Waals surface area contributed by atoms with Gasteiger partial charge in [-0.1, -0.05) is 11.2 Å². The predicted molar refractivity (Wildman–Crippen MR) is 116 cm³/mol. The monoisotopic (exact) mass is 481 g/mol. The Morgan fingerprint density at radius 3 is 2.59 bits per heavy atom. The van der Waals surface area contributed by atoms with Gasteiger partial charge in [0.2, 0.25) is 10.0 Å². The quantitative estimate of drug-likeness (QED) is 0.583.